The van der Waals surface area contributed by atoms with Gasteiger partial charge in [-0.2, -0.15) is 13.2 Å². The summed E-state index contributed by atoms with van der Waals surface area (Å²) in [6, 6.07) is 2.80. The summed E-state index contributed by atoms with van der Waals surface area (Å²) in [5.74, 6) is -0.844. The fraction of sp³-hybridized carbons (Fsp3) is 0.571. The maximum absolute atomic E-state index is 13.5. The molecular weight excluding hydrogens is 258 g/mol. The molecule has 1 aliphatic rings. The van der Waals surface area contributed by atoms with Crippen molar-refractivity contribution in [2.24, 2.45) is 5.73 Å². The van der Waals surface area contributed by atoms with E-state index in [1.54, 1.807) is 0 Å². The van der Waals surface area contributed by atoms with E-state index < -0.39 is 23.0 Å². The molecule has 5 heteroatoms. The lowest BCUT2D eigenvalue weighted by Crippen LogP contribution is -2.37. The zero-order valence-electron chi connectivity index (χ0n) is 10.6. The minimum Gasteiger partial charge on any atom is -0.330 e. The highest BCUT2D eigenvalue weighted by molar-refractivity contribution is 5.33. The van der Waals surface area contributed by atoms with Gasteiger partial charge in [-0.05, 0) is 36.6 Å². The number of rotatable bonds is 2. The Morgan fingerprint density at radius 3 is 2.21 bits per heavy atom. The van der Waals surface area contributed by atoms with Gasteiger partial charge in [-0.1, -0.05) is 19.3 Å². The molecule has 1 aromatic carbocycles. The molecule has 0 spiro atoms. The summed E-state index contributed by atoms with van der Waals surface area (Å²) < 4.78 is 51.7. The van der Waals surface area contributed by atoms with Crippen molar-refractivity contribution < 1.29 is 17.6 Å². The van der Waals surface area contributed by atoms with Crippen molar-refractivity contribution >= 4 is 0 Å². The van der Waals surface area contributed by atoms with Gasteiger partial charge in [0.15, 0.2) is 0 Å². The van der Waals surface area contributed by atoms with Crippen molar-refractivity contribution in [2.45, 2.75) is 43.7 Å². The quantitative estimate of drug-likeness (QED) is 0.811. The number of hydrogen-bond donors (Lipinski definition) is 1. The van der Waals surface area contributed by atoms with Crippen LogP contribution in [0.1, 0.15) is 43.2 Å². The minimum absolute atomic E-state index is 0.258. The highest BCUT2D eigenvalue weighted by Crippen LogP contribution is 2.41. The first-order valence-electron chi connectivity index (χ1n) is 6.46. The number of nitrogens with two attached hydrogens (primary N) is 1. The average molecular weight is 275 g/mol. The zero-order chi connectivity index (χ0) is 14.1. The Morgan fingerprint density at radius 2 is 1.68 bits per heavy atom. The second-order valence-corrected chi connectivity index (χ2v) is 5.27. The van der Waals surface area contributed by atoms with E-state index in [0.717, 1.165) is 38.2 Å². The van der Waals surface area contributed by atoms with Crippen molar-refractivity contribution in [3.8, 4) is 0 Å². The predicted molar refractivity (Wildman–Crippen MR) is 65.2 cm³/mol. The van der Waals surface area contributed by atoms with Gasteiger partial charge in [-0.25, -0.2) is 4.39 Å². The summed E-state index contributed by atoms with van der Waals surface area (Å²) in [5, 5.41) is 0. The van der Waals surface area contributed by atoms with Crippen LogP contribution in [0.3, 0.4) is 0 Å². The lowest BCUT2D eigenvalue weighted by molar-refractivity contribution is -0.137. The van der Waals surface area contributed by atoms with Crippen LogP contribution >= 0.6 is 0 Å². The van der Waals surface area contributed by atoms with Crippen LogP contribution in [0.5, 0.6) is 0 Å². The van der Waals surface area contributed by atoms with Gasteiger partial charge in [-0.3, -0.25) is 0 Å². The van der Waals surface area contributed by atoms with E-state index in [4.69, 9.17) is 5.73 Å². The molecule has 2 rings (SSSR count). The van der Waals surface area contributed by atoms with Gasteiger partial charge in [0.05, 0.1) is 5.56 Å². The average Bonchev–Trinajstić information content (AvgIpc) is 2.38. The molecule has 0 heterocycles. The molecule has 0 saturated heterocycles. The lowest BCUT2D eigenvalue weighted by Gasteiger charge is -2.37. The summed E-state index contributed by atoms with van der Waals surface area (Å²) in [6.07, 6.45) is -0.164. The predicted octanol–water partition coefficient (Wildman–Crippen LogP) is 4.01. The summed E-state index contributed by atoms with van der Waals surface area (Å²) in [5.41, 5.74) is 4.74. The molecule has 1 aliphatic carbocycles. The molecule has 0 atom stereocenters. The maximum Gasteiger partial charge on any atom is 0.416 e. The molecule has 2 N–H and O–H groups in total. The molecule has 0 aromatic heterocycles. The highest BCUT2D eigenvalue weighted by Gasteiger charge is 2.36. The Bertz CT molecular complexity index is 447. The first kappa shape index (κ1) is 14.3. The third kappa shape index (κ3) is 2.91. The van der Waals surface area contributed by atoms with Gasteiger partial charge >= 0.3 is 6.18 Å². The SMILES string of the molecule is NCC1(c2cc(F)cc(C(F)(F)F)c2)CCCCC1. The van der Waals surface area contributed by atoms with Gasteiger partial charge in [0.2, 0.25) is 0 Å². The first-order valence-corrected chi connectivity index (χ1v) is 6.46. The smallest absolute Gasteiger partial charge is 0.330 e. The Kier molecular flexibility index (Phi) is 3.85. The Labute approximate surface area is 109 Å². The van der Waals surface area contributed by atoms with Gasteiger partial charge in [0, 0.05) is 12.0 Å². The van der Waals surface area contributed by atoms with E-state index in [0.29, 0.717) is 11.6 Å². The van der Waals surface area contributed by atoms with Crippen LogP contribution in [0.2, 0.25) is 0 Å². The summed E-state index contributed by atoms with van der Waals surface area (Å²) >= 11 is 0. The van der Waals surface area contributed by atoms with E-state index >= 15 is 0 Å². The summed E-state index contributed by atoms with van der Waals surface area (Å²) in [6.45, 7) is 0.258. The summed E-state index contributed by atoms with van der Waals surface area (Å²) in [7, 11) is 0. The summed E-state index contributed by atoms with van der Waals surface area (Å²) in [4.78, 5) is 0. The second kappa shape index (κ2) is 5.12. The largest absolute Gasteiger partial charge is 0.416 e. The van der Waals surface area contributed by atoms with Crippen molar-refractivity contribution in [1.82, 2.24) is 0 Å². The lowest BCUT2D eigenvalue weighted by atomic mass is 9.69. The third-order valence-electron chi connectivity index (χ3n) is 4.04. The molecule has 1 aromatic rings. The number of hydrogen-bond acceptors (Lipinski definition) is 1. The monoisotopic (exact) mass is 275 g/mol. The second-order valence-electron chi connectivity index (χ2n) is 5.27. The highest BCUT2D eigenvalue weighted by atomic mass is 19.4. The molecule has 0 amide bonds. The van der Waals surface area contributed by atoms with Gasteiger partial charge in [-0.15, -0.1) is 0 Å². The van der Waals surface area contributed by atoms with Crippen LogP contribution in [-0.4, -0.2) is 6.54 Å². The molecule has 106 valence electrons. The topological polar surface area (TPSA) is 26.0 Å². The van der Waals surface area contributed by atoms with E-state index in [2.05, 4.69) is 0 Å². The number of alkyl halides is 3. The van der Waals surface area contributed by atoms with Gasteiger partial charge in [0.1, 0.15) is 5.82 Å². The van der Waals surface area contributed by atoms with E-state index in [1.165, 1.54) is 6.07 Å². The molecule has 0 unspecified atom stereocenters. The third-order valence-corrected chi connectivity index (χ3v) is 4.04. The van der Waals surface area contributed by atoms with E-state index in [-0.39, 0.29) is 6.54 Å². The van der Waals surface area contributed by atoms with E-state index in [1.807, 2.05) is 0 Å². The molecule has 19 heavy (non-hydrogen) atoms. The Balaban J connectivity index is 2.46. The van der Waals surface area contributed by atoms with Crippen LogP contribution in [0.15, 0.2) is 18.2 Å². The van der Waals surface area contributed by atoms with Gasteiger partial charge < -0.3 is 5.73 Å². The molecule has 0 aliphatic heterocycles. The number of benzene rings is 1. The Hall–Kier alpha value is -1.10. The molecule has 1 nitrogen and oxygen atoms in total. The van der Waals surface area contributed by atoms with Crippen LogP contribution in [0.4, 0.5) is 17.6 Å². The normalized spacial score (nSPS) is 19.4. The Morgan fingerprint density at radius 1 is 1.05 bits per heavy atom. The van der Waals surface area contributed by atoms with Crippen LogP contribution in [0.25, 0.3) is 0 Å². The van der Waals surface area contributed by atoms with Crippen LogP contribution in [0, 0.1) is 5.82 Å². The van der Waals surface area contributed by atoms with Gasteiger partial charge in [0.25, 0.3) is 0 Å². The van der Waals surface area contributed by atoms with E-state index in [9.17, 15) is 17.6 Å². The van der Waals surface area contributed by atoms with Crippen molar-refractivity contribution in [2.75, 3.05) is 6.54 Å². The van der Waals surface area contributed by atoms with Crippen molar-refractivity contribution in [3.05, 3.63) is 35.1 Å². The first-order chi connectivity index (χ1) is 8.87. The molecular formula is C14H17F4N. The van der Waals surface area contributed by atoms with Crippen molar-refractivity contribution in [1.29, 1.82) is 0 Å². The van der Waals surface area contributed by atoms with Crippen LogP contribution < -0.4 is 5.73 Å². The molecule has 1 saturated carbocycles. The fourth-order valence-electron chi connectivity index (χ4n) is 2.90. The number of halogens is 4. The molecule has 1 fully saturated rings. The van der Waals surface area contributed by atoms with Crippen molar-refractivity contribution in [3.63, 3.8) is 0 Å². The molecule has 0 radical (unpaired) electrons. The standard InChI is InChI=1S/C14H17F4N/c15-12-7-10(6-11(8-12)14(16,17)18)13(9-19)4-2-1-3-5-13/h6-8H,1-5,9,19H2. The minimum atomic E-state index is -4.53. The van der Waals surface area contributed by atoms with Crippen LogP contribution in [-0.2, 0) is 11.6 Å². The fourth-order valence-corrected chi connectivity index (χ4v) is 2.90. The molecule has 0 bridgehead atoms. The maximum atomic E-state index is 13.5. The zero-order valence-corrected chi connectivity index (χ0v) is 10.6.